The second kappa shape index (κ2) is 17.0. The van der Waals surface area contributed by atoms with Gasteiger partial charge in [0.05, 0.1) is 18.8 Å². The van der Waals surface area contributed by atoms with Crippen LogP contribution in [0, 0.1) is 0 Å². The van der Waals surface area contributed by atoms with Crippen molar-refractivity contribution in [1.82, 2.24) is 0 Å². The van der Waals surface area contributed by atoms with E-state index in [0.29, 0.717) is 6.42 Å². The summed E-state index contributed by atoms with van der Waals surface area (Å²) >= 11 is 0. The number of aliphatic hydroxyl groups is 3. The molecule has 0 rings (SSSR count). The van der Waals surface area contributed by atoms with Gasteiger partial charge in [-0.25, -0.2) is 0 Å². The average Bonchev–Trinajstić information content (AvgIpc) is 2.51. The van der Waals surface area contributed by atoms with Crippen LogP contribution in [0.15, 0.2) is 12.2 Å². The van der Waals surface area contributed by atoms with Crippen molar-refractivity contribution in [3.63, 3.8) is 0 Å². The van der Waals surface area contributed by atoms with Crippen molar-refractivity contribution in [2.24, 2.45) is 0 Å². The fraction of sp³-hybridized carbons (Fsp3) is 0.895. The molecule has 0 heterocycles. The van der Waals surface area contributed by atoms with E-state index < -0.39 is 12.2 Å². The molecule has 2 atom stereocenters. The van der Waals surface area contributed by atoms with Crippen molar-refractivity contribution in [2.45, 2.75) is 103 Å². The molecule has 0 aromatic heterocycles. The van der Waals surface area contributed by atoms with Crippen LogP contribution >= 0.6 is 0 Å². The van der Waals surface area contributed by atoms with Gasteiger partial charge in [0.25, 0.3) is 0 Å². The third-order valence-corrected chi connectivity index (χ3v) is 4.05. The smallest absolute Gasteiger partial charge is 0.0795 e. The Morgan fingerprint density at radius 2 is 1.27 bits per heavy atom. The molecule has 3 nitrogen and oxygen atoms in total. The van der Waals surface area contributed by atoms with Crippen LogP contribution in [0.4, 0.5) is 0 Å². The van der Waals surface area contributed by atoms with E-state index in [1.54, 1.807) is 0 Å². The van der Waals surface area contributed by atoms with Crippen LogP contribution in [-0.4, -0.2) is 34.1 Å². The molecule has 0 aromatic carbocycles. The van der Waals surface area contributed by atoms with Crippen LogP contribution in [-0.2, 0) is 0 Å². The van der Waals surface area contributed by atoms with Crippen molar-refractivity contribution >= 4 is 0 Å². The lowest BCUT2D eigenvalue weighted by atomic mass is 10.1. The zero-order valence-electron chi connectivity index (χ0n) is 14.6. The molecular weight excluding hydrogens is 276 g/mol. The summed E-state index contributed by atoms with van der Waals surface area (Å²) in [5.41, 5.74) is 0. The van der Waals surface area contributed by atoms with Gasteiger partial charge in [-0.2, -0.15) is 0 Å². The molecule has 0 amide bonds. The van der Waals surface area contributed by atoms with E-state index in [0.717, 1.165) is 6.42 Å². The van der Waals surface area contributed by atoms with Gasteiger partial charge in [0.1, 0.15) is 0 Å². The van der Waals surface area contributed by atoms with Crippen molar-refractivity contribution in [2.75, 3.05) is 6.61 Å². The standard InChI is InChI=1S/C19H38O3/c1-2-3-4-5-6-7-8-9-10-11-12-13-14-15-18(21)16-19(22)17-20/h13-14,18-22H,2-12,15-17H2,1H3/b14-13+/t18-,19+/m1/s1. The number of unbranched alkanes of at least 4 members (excludes halogenated alkanes) is 10. The van der Waals surface area contributed by atoms with Gasteiger partial charge in [0, 0.05) is 6.42 Å². The maximum absolute atomic E-state index is 9.61. The molecular formula is C19H38O3. The molecule has 0 saturated heterocycles. The SMILES string of the molecule is CCCCCCCCCCCC/C=C/C[C@@H](O)C[C@H](O)CO. The van der Waals surface area contributed by atoms with E-state index in [9.17, 15) is 10.2 Å². The first-order valence-corrected chi connectivity index (χ1v) is 9.32. The third-order valence-electron chi connectivity index (χ3n) is 4.05. The maximum Gasteiger partial charge on any atom is 0.0795 e. The van der Waals surface area contributed by atoms with Crippen molar-refractivity contribution in [3.8, 4) is 0 Å². The highest BCUT2D eigenvalue weighted by Crippen LogP contribution is 2.11. The Hall–Kier alpha value is -0.380. The Morgan fingerprint density at radius 3 is 1.82 bits per heavy atom. The summed E-state index contributed by atoms with van der Waals surface area (Å²) in [6.45, 7) is 1.98. The van der Waals surface area contributed by atoms with Crippen molar-refractivity contribution < 1.29 is 15.3 Å². The Kier molecular flexibility index (Phi) is 16.7. The van der Waals surface area contributed by atoms with Gasteiger partial charge in [-0.05, 0) is 19.3 Å². The molecule has 0 spiro atoms. The molecule has 0 fully saturated rings. The van der Waals surface area contributed by atoms with Gasteiger partial charge in [-0.3, -0.25) is 0 Å². The highest BCUT2D eigenvalue weighted by molar-refractivity contribution is 4.84. The first kappa shape index (κ1) is 21.6. The van der Waals surface area contributed by atoms with Crippen LogP contribution in [0.5, 0.6) is 0 Å². The van der Waals surface area contributed by atoms with Crippen LogP contribution in [0.25, 0.3) is 0 Å². The lowest BCUT2D eigenvalue weighted by molar-refractivity contribution is 0.0428. The summed E-state index contributed by atoms with van der Waals surface area (Å²) in [5, 5.41) is 27.5. The average molecular weight is 315 g/mol. The Morgan fingerprint density at radius 1 is 0.727 bits per heavy atom. The predicted octanol–water partition coefficient (Wildman–Crippen LogP) is 4.35. The van der Waals surface area contributed by atoms with Gasteiger partial charge in [-0.1, -0.05) is 76.9 Å². The molecule has 22 heavy (non-hydrogen) atoms. The van der Waals surface area contributed by atoms with Crippen molar-refractivity contribution in [1.29, 1.82) is 0 Å². The Bertz CT molecular complexity index is 241. The zero-order chi connectivity index (χ0) is 16.5. The first-order chi connectivity index (χ1) is 10.7. The molecule has 0 aliphatic carbocycles. The number of aliphatic hydroxyl groups excluding tert-OH is 3. The van der Waals surface area contributed by atoms with Crippen LogP contribution in [0.1, 0.15) is 90.4 Å². The summed E-state index contributed by atoms with van der Waals surface area (Å²) in [5.74, 6) is 0. The van der Waals surface area contributed by atoms with Gasteiger partial charge < -0.3 is 15.3 Å². The van der Waals surface area contributed by atoms with E-state index in [4.69, 9.17) is 5.11 Å². The summed E-state index contributed by atoms with van der Waals surface area (Å²) in [4.78, 5) is 0. The molecule has 0 bridgehead atoms. The number of hydrogen-bond acceptors (Lipinski definition) is 3. The van der Waals surface area contributed by atoms with Crippen molar-refractivity contribution in [3.05, 3.63) is 12.2 Å². The number of allylic oxidation sites excluding steroid dienone is 1. The molecule has 132 valence electrons. The molecule has 0 aliphatic rings. The van der Waals surface area contributed by atoms with Crippen LogP contribution in [0.2, 0.25) is 0 Å². The Labute approximate surface area is 137 Å². The zero-order valence-corrected chi connectivity index (χ0v) is 14.6. The highest BCUT2D eigenvalue weighted by atomic mass is 16.3. The minimum absolute atomic E-state index is 0.249. The molecule has 3 heteroatoms. The molecule has 0 unspecified atom stereocenters. The van der Waals surface area contributed by atoms with Crippen LogP contribution < -0.4 is 0 Å². The minimum Gasteiger partial charge on any atom is -0.394 e. The molecule has 3 N–H and O–H groups in total. The molecule has 0 aliphatic heterocycles. The summed E-state index contributed by atoms with van der Waals surface area (Å²) in [6, 6.07) is 0. The number of rotatable bonds is 16. The molecule has 0 saturated carbocycles. The number of hydrogen-bond donors (Lipinski definition) is 3. The fourth-order valence-corrected chi connectivity index (χ4v) is 2.61. The fourth-order valence-electron chi connectivity index (χ4n) is 2.61. The van der Waals surface area contributed by atoms with Gasteiger partial charge in [0.15, 0.2) is 0 Å². The largest absolute Gasteiger partial charge is 0.394 e. The summed E-state index contributed by atoms with van der Waals surface area (Å²) < 4.78 is 0. The van der Waals surface area contributed by atoms with Gasteiger partial charge in [0.2, 0.25) is 0 Å². The quantitative estimate of drug-likeness (QED) is 0.293. The van der Waals surface area contributed by atoms with E-state index in [-0.39, 0.29) is 13.0 Å². The van der Waals surface area contributed by atoms with Gasteiger partial charge >= 0.3 is 0 Å². The minimum atomic E-state index is -0.801. The first-order valence-electron chi connectivity index (χ1n) is 9.32. The Balaban J connectivity index is 3.23. The van der Waals surface area contributed by atoms with E-state index in [1.165, 1.54) is 64.2 Å². The molecule has 0 aromatic rings. The highest BCUT2D eigenvalue weighted by Gasteiger charge is 2.08. The summed E-state index contributed by atoms with van der Waals surface area (Å²) in [7, 11) is 0. The lowest BCUT2D eigenvalue weighted by Gasteiger charge is -2.11. The topological polar surface area (TPSA) is 60.7 Å². The second-order valence-electron chi connectivity index (χ2n) is 6.40. The normalized spacial score (nSPS) is 14.5. The second-order valence-corrected chi connectivity index (χ2v) is 6.40. The van der Waals surface area contributed by atoms with E-state index in [1.807, 2.05) is 6.08 Å². The predicted molar refractivity (Wildman–Crippen MR) is 93.9 cm³/mol. The molecule has 0 radical (unpaired) electrons. The maximum atomic E-state index is 9.61. The summed E-state index contributed by atoms with van der Waals surface area (Å²) in [6.07, 6.45) is 18.2. The van der Waals surface area contributed by atoms with E-state index >= 15 is 0 Å². The third kappa shape index (κ3) is 16.0. The lowest BCUT2D eigenvalue weighted by Crippen LogP contribution is -2.20. The van der Waals surface area contributed by atoms with Crippen LogP contribution in [0.3, 0.4) is 0 Å². The van der Waals surface area contributed by atoms with Gasteiger partial charge in [-0.15, -0.1) is 0 Å². The monoisotopic (exact) mass is 314 g/mol. The van der Waals surface area contributed by atoms with E-state index in [2.05, 4.69) is 13.0 Å².